The van der Waals surface area contributed by atoms with Crippen LogP contribution in [0.1, 0.15) is 25.0 Å². The average molecular weight is 240 g/mol. The lowest BCUT2D eigenvalue weighted by atomic mass is 9.95. The van der Waals surface area contributed by atoms with Gasteiger partial charge in [-0.25, -0.2) is 8.78 Å². The van der Waals surface area contributed by atoms with Gasteiger partial charge in [-0.2, -0.15) is 13.2 Å². The maximum atomic E-state index is 13.4. The molecular weight excluding hydrogens is 231 g/mol. The third kappa shape index (κ3) is 2.32. The van der Waals surface area contributed by atoms with E-state index < -0.39 is 34.5 Å². The highest BCUT2D eigenvalue weighted by molar-refractivity contribution is 5.32. The second kappa shape index (κ2) is 3.69. The van der Waals surface area contributed by atoms with Crippen LogP contribution in [0.3, 0.4) is 0 Å². The van der Waals surface area contributed by atoms with Gasteiger partial charge in [0.15, 0.2) is 0 Å². The van der Waals surface area contributed by atoms with Gasteiger partial charge in [0.2, 0.25) is 0 Å². The molecule has 0 aromatic heterocycles. The van der Waals surface area contributed by atoms with E-state index in [-0.39, 0.29) is 0 Å². The van der Waals surface area contributed by atoms with Gasteiger partial charge in [0, 0.05) is 0 Å². The van der Waals surface area contributed by atoms with Gasteiger partial charge in [-0.15, -0.1) is 0 Å². The standard InChI is InChI=1S/C10H9F5O/c1-9(2,16)7-6(11)4-3-5(8(7)12)10(13,14)15/h3-4,16H,1-2H3. The number of hydrogen-bond acceptors (Lipinski definition) is 1. The molecule has 0 amide bonds. The molecule has 1 N–H and O–H groups in total. The van der Waals surface area contributed by atoms with Crippen molar-refractivity contribution in [2.24, 2.45) is 0 Å². The summed E-state index contributed by atoms with van der Waals surface area (Å²) in [6.45, 7) is 2.02. The molecule has 0 spiro atoms. The fourth-order valence-corrected chi connectivity index (χ4v) is 1.33. The Morgan fingerprint density at radius 2 is 1.56 bits per heavy atom. The monoisotopic (exact) mass is 240 g/mol. The molecule has 6 heteroatoms. The maximum absolute atomic E-state index is 13.4. The molecule has 0 aliphatic rings. The van der Waals surface area contributed by atoms with E-state index >= 15 is 0 Å². The van der Waals surface area contributed by atoms with Crippen LogP contribution < -0.4 is 0 Å². The Kier molecular flexibility index (Phi) is 2.98. The number of aliphatic hydroxyl groups is 1. The lowest BCUT2D eigenvalue weighted by Gasteiger charge is -2.21. The zero-order chi connectivity index (χ0) is 12.7. The zero-order valence-corrected chi connectivity index (χ0v) is 8.49. The van der Waals surface area contributed by atoms with Crippen molar-refractivity contribution >= 4 is 0 Å². The van der Waals surface area contributed by atoms with Crippen LogP contribution in [-0.4, -0.2) is 5.11 Å². The lowest BCUT2D eigenvalue weighted by molar-refractivity contribution is -0.140. The summed E-state index contributed by atoms with van der Waals surface area (Å²) in [7, 11) is 0. The van der Waals surface area contributed by atoms with E-state index in [2.05, 4.69) is 0 Å². The molecule has 1 rings (SSSR count). The smallest absolute Gasteiger partial charge is 0.386 e. The molecule has 16 heavy (non-hydrogen) atoms. The molecule has 1 nitrogen and oxygen atoms in total. The van der Waals surface area contributed by atoms with Gasteiger partial charge >= 0.3 is 6.18 Å². The first-order chi connectivity index (χ1) is 7.05. The largest absolute Gasteiger partial charge is 0.419 e. The van der Waals surface area contributed by atoms with E-state index in [1.165, 1.54) is 0 Å². The summed E-state index contributed by atoms with van der Waals surface area (Å²) in [6, 6.07) is 0.791. The molecule has 0 heterocycles. The van der Waals surface area contributed by atoms with Crippen LogP contribution in [-0.2, 0) is 11.8 Å². The summed E-state index contributed by atoms with van der Waals surface area (Å²) in [5, 5.41) is 9.39. The molecule has 0 saturated carbocycles. The van der Waals surface area contributed by atoms with E-state index in [0.717, 1.165) is 13.8 Å². The Labute approximate surface area is 88.5 Å². The first-order valence-corrected chi connectivity index (χ1v) is 4.33. The van der Waals surface area contributed by atoms with Gasteiger partial charge in [0.25, 0.3) is 0 Å². The van der Waals surface area contributed by atoms with Crippen molar-refractivity contribution in [3.63, 3.8) is 0 Å². The minimum atomic E-state index is -4.92. The van der Waals surface area contributed by atoms with Crippen molar-refractivity contribution in [1.29, 1.82) is 0 Å². The first-order valence-electron chi connectivity index (χ1n) is 4.33. The molecule has 0 aliphatic heterocycles. The molecule has 0 bridgehead atoms. The SMILES string of the molecule is CC(C)(O)c1c(F)ccc(C(F)(F)F)c1F. The van der Waals surface area contributed by atoms with Crippen molar-refractivity contribution in [1.82, 2.24) is 0 Å². The topological polar surface area (TPSA) is 20.2 Å². The van der Waals surface area contributed by atoms with Gasteiger partial charge in [-0.3, -0.25) is 0 Å². The highest BCUT2D eigenvalue weighted by Gasteiger charge is 2.38. The third-order valence-corrected chi connectivity index (χ3v) is 2.01. The minimum absolute atomic E-state index is 0.305. The Morgan fingerprint density at radius 3 is 1.94 bits per heavy atom. The molecule has 90 valence electrons. The molecule has 1 aromatic carbocycles. The average Bonchev–Trinajstić information content (AvgIpc) is 1.97. The second-order valence-electron chi connectivity index (χ2n) is 3.84. The Morgan fingerprint density at radius 1 is 1.06 bits per heavy atom. The van der Waals surface area contributed by atoms with Crippen LogP contribution in [0.25, 0.3) is 0 Å². The van der Waals surface area contributed by atoms with Crippen molar-refractivity contribution in [3.8, 4) is 0 Å². The van der Waals surface area contributed by atoms with Gasteiger partial charge in [-0.1, -0.05) is 0 Å². The quantitative estimate of drug-likeness (QED) is 0.747. The van der Waals surface area contributed by atoms with Crippen LogP contribution in [0.15, 0.2) is 12.1 Å². The normalized spacial score (nSPS) is 13.0. The minimum Gasteiger partial charge on any atom is -0.386 e. The predicted octanol–water partition coefficient (Wildman–Crippen LogP) is 3.21. The van der Waals surface area contributed by atoms with Crippen molar-refractivity contribution in [2.45, 2.75) is 25.6 Å². The third-order valence-electron chi connectivity index (χ3n) is 2.01. The zero-order valence-electron chi connectivity index (χ0n) is 8.49. The predicted molar refractivity (Wildman–Crippen MR) is 46.6 cm³/mol. The summed E-state index contributed by atoms with van der Waals surface area (Å²) in [4.78, 5) is 0. The van der Waals surface area contributed by atoms with Crippen LogP contribution in [0.2, 0.25) is 0 Å². The fraction of sp³-hybridized carbons (Fsp3) is 0.400. The summed E-state index contributed by atoms with van der Waals surface area (Å²) in [5.74, 6) is -2.99. The van der Waals surface area contributed by atoms with Crippen molar-refractivity contribution < 1.29 is 27.1 Å². The van der Waals surface area contributed by atoms with Gasteiger partial charge in [-0.05, 0) is 26.0 Å². The summed E-state index contributed by atoms with van der Waals surface area (Å²) in [5.41, 5.74) is -4.59. The highest BCUT2D eigenvalue weighted by Crippen LogP contribution is 2.36. The Hall–Kier alpha value is -1.17. The first kappa shape index (κ1) is 12.9. The van der Waals surface area contributed by atoms with E-state index in [0.29, 0.717) is 12.1 Å². The van der Waals surface area contributed by atoms with E-state index in [1.807, 2.05) is 0 Å². The van der Waals surface area contributed by atoms with Gasteiger partial charge < -0.3 is 5.11 Å². The lowest BCUT2D eigenvalue weighted by Crippen LogP contribution is -2.22. The number of benzene rings is 1. The summed E-state index contributed by atoms with van der Waals surface area (Å²) >= 11 is 0. The van der Waals surface area contributed by atoms with E-state index in [1.54, 1.807) is 0 Å². The van der Waals surface area contributed by atoms with E-state index in [4.69, 9.17) is 0 Å². The molecular formula is C10H9F5O. The van der Waals surface area contributed by atoms with Gasteiger partial charge in [0.05, 0.1) is 16.7 Å². The summed E-state index contributed by atoms with van der Waals surface area (Å²) < 4.78 is 63.5. The molecule has 0 aliphatic carbocycles. The molecule has 0 saturated heterocycles. The molecule has 0 radical (unpaired) electrons. The molecule has 1 aromatic rings. The maximum Gasteiger partial charge on any atom is 0.419 e. The fourth-order valence-electron chi connectivity index (χ4n) is 1.33. The van der Waals surface area contributed by atoms with Crippen LogP contribution >= 0.6 is 0 Å². The second-order valence-corrected chi connectivity index (χ2v) is 3.84. The Balaban J connectivity index is 3.52. The van der Waals surface area contributed by atoms with Crippen molar-refractivity contribution in [2.75, 3.05) is 0 Å². The molecule has 0 unspecified atom stereocenters. The van der Waals surface area contributed by atoms with Crippen molar-refractivity contribution in [3.05, 3.63) is 34.9 Å². The molecule has 0 atom stereocenters. The highest BCUT2D eigenvalue weighted by atomic mass is 19.4. The number of rotatable bonds is 1. The number of alkyl halides is 3. The van der Waals surface area contributed by atoms with Crippen LogP contribution in [0, 0.1) is 11.6 Å². The Bertz CT molecular complexity index is 403. The van der Waals surface area contributed by atoms with E-state index in [9.17, 15) is 27.1 Å². The number of halogens is 5. The van der Waals surface area contributed by atoms with Crippen LogP contribution in [0.5, 0.6) is 0 Å². The number of hydrogen-bond donors (Lipinski definition) is 1. The van der Waals surface area contributed by atoms with Gasteiger partial charge in [0.1, 0.15) is 11.6 Å². The molecule has 0 fully saturated rings. The van der Waals surface area contributed by atoms with Crippen LogP contribution in [0.4, 0.5) is 22.0 Å². The summed E-state index contributed by atoms with van der Waals surface area (Å²) in [6.07, 6.45) is -4.92.